The Hall–Kier alpha value is -4.29. The number of nitrogens with zero attached hydrogens (tertiary/aromatic N) is 1. The monoisotopic (exact) mass is 556 g/mol. The van der Waals surface area contributed by atoms with Crippen molar-refractivity contribution in [1.82, 2.24) is 10.2 Å². The Bertz CT molecular complexity index is 1360. The largest absolute Gasteiger partial charge is 0.497 e. The summed E-state index contributed by atoms with van der Waals surface area (Å²) in [4.78, 5) is 29.0. The van der Waals surface area contributed by atoms with E-state index < -0.39 is 6.04 Å². The zero-order valence-electron chi connectivity index (χ0n) is 22.5. The van der Waals surface area contributed by atoms with Crippen LogP contribution >= 0.6 is 11.6 Å². The lowest BCUT2D eigenvalue weighted by atomic mass is 10.0. The molecule has 0 saturated heterocycles. The van der Waals surface area contributed by atoms with Gasteiger partial charge in [-0.2, -0.15) is 0 Å². The van der Waals surface area contributed by atoms with Crippen molar-refractivity contribution in [3.05, 3.63) is 131 Å². The number of ether oxygens (including phenoxy) is 2. The Labute approximate surface area is 240 Å². The van der Waals surface area contributed by atoms with E-state index in [1.165, 1.54) is 0 Å². The van der Waals surface area contributed by atoms with E-state index in [-0.39, 0.29) is 25.0 Å². The zero-order chi connectivity index (χ0) is 28.2. The molecule has 206 valence electrons. The Kier molecular flexibility index (Phi) is 10.6. The first kappa shape index (κ1) is 28.7. The van der Waals surface area contributed by atoms with E-state index >= 15 is 0 Å². The van der Waals surface area contributed by atoms with Crippen LogP contribution in [0.2, 0.25) is 5.02 Å². The molecule has 0 saturated carbocycles. The summed E-state index contributed by atoms with van der Waals surface area (Å²) >= 11 is 6.25. The van der Waals surface area contributed by atoms with E-state index in [0.717, 1.165) is 16.7 Å². The second kappa shape index (κ2) is 14.8. The Morgan fingerprint density at radius 2 is 1.43 bits per heavy atom. The standard InChI is InChI=1S/C33H33ClN2O4/c1-39-28-18-16-27(17-19-28)23-36(32(37)24-40-31-15-9-8-14-29(31)34)30(22-26-12-6-3-7-13-26)33(38)35-21-20-25-10-4-2-5-11-25/h2-19,30H,20-24H2,1H3,(H,35,38)/t30-/m0/s1. The molecule has 2 amide bonds. The molecule has 0 unspecified atom stereocenters. The van der Waals surface area contributed by atoms with Gasteiger partial charge in [-0.3, -0.25) is 9.59 Å². The molecule has 0 aliphatic rings. The van der Waals surface area contributed by atoms with Gasteiger partial charge in [0.05, 0.1) is 12.1 Å². The van der Waals surface area contributed by atoms with Crippen LogP contribution in [0.4, 0.5) is 0 Å². The van der Waals surface area contributed by atoms with Gasteiger partial charge in [-0.15, -0.1) is 0 Å². The average molecular weight is 557 g/mol. The van der Waals surface area contributed by atoms with Gasteiger partial charge in [0.1, 0.15) is 17.5 Å². The molecule has 0 bridgehead atoms. The fourth-order valence-corrected chi connectivity index (χ4v) is 4.55. The van der Waals surface area contributed by atoms with Crippen molar-refractivity contribution in [3.8, 4) is 11.5 Å². The van der Waals surface area contributed by atoms with Crippen molar-refractivity contribution in [3.63, 3.8) is 0 Å². The minimum Gasteiger partial charge on any atom is -0.497 e. The van der Waals surface area contributed by atoms with Gasteiger partial charge in [0, 0.05) is 19.5 Å². The number of hydrogen-bond acceptors (Lipinski definition) is 4. The number of benzene rings is 4. The quantitative estimate of drug-likeness (QED) is 0.228. The van der Waals surface area contributed by atoms with Crippen molar-refractivity contribution >= 4 is 23.4 Å². The molecule has 0 spiro atoms. The second-order valence-corrected chi connectivity index (χ2v) is 9.73. The Morgan fingerprint density at radius 1 is 0.800 bits per heavy atom. The summed E-state index contributed by atoms with van der Waals surface area (Å²) < 4.78 is 11.1. The summed E-state index contributed by atoms with van der Waals surface area (Å²) in [5, 5.41) is 3.47. The van der Waals surface area contributed by atoms with Crippen LogP contribution in [0, 0.1) is 0 Å². The van der Waals surface area contributed by atoms with Gasteiger partial charge in [0.15, 0.2) is 6.61 Å². The van der Waals surface area contributed by atoms with Crippen LogP contribution in [-0.2, 0) is 29.0 Å². The molecule has 4 aromatic rings. The molecule has 40 heavy (non-hydrogen) atoms. The summed E-state index contributed by atoms with van der Waals surface area (Å²) in [6.45, 7) is 0.412. The molecule has 1 N–H and O–H groups in total. The van der Waals surface area contributed by atoms with E-state index in [1.54, 1.807) is 36.3 Å². The van der Waals surface area contributed by atoms with Gasteiger partial charge in [0.25, 0.3) is 5.91 Å². The highest BCUT2D eigenvalue weighted by molar-refractivity contribution is 6.32. The van der Waals surface area contributed by atoms with Gasteiger partial charge in [-0.25, -0.2) is 0 Å². The molecule has 0 fully saturated rings. The maximum absolute atomic E-state index is 13.7. The highest BCUT2D eigenvalue weighted by Crippen LogP contribution is 2.24. The summed E-state index contributed by atoms with van der Waals surface area (Å²) in [5.74, 6) is 0.575. The molecule has 4 rings (SSSR count). The van der Waals surface area contributed by atoms with Crippen molar-refractivity contribution in [2.75, 3.05) is 20.3 Å². The molecule has 4 aromatic carbocycles. The molecule has 0 aromatic heterocycles. The molecular weight excluding hydrogens is 524 g/mol. The molecule has 0 aliphatic carbocycles. The third-order valence-electron chi connectivity index (χ3n) is 6.53. The summed E-state index contributed by atoms with van der Waals surface area (Å²) in [6.07, 6.45) is 1.04. The van der Waals surface area contributed by atoms with Crippen LogP contribution in [0.1, 0.15) is 16.7 Å². The van der Waals surface area contributed by atoms with Gasteiger partial charge < -0.3 is 19.7 Å². The molecule has 0 aliphatic heterocycles. The number of carbonyl (C=O) groups excluding carboxylic acids is 2. The van der Waals surface area contributed by atoms with Crippen molar-refractivity contribution in [2.24, 2.45) is 0 Å². The number of halogens is 1. The van der Waals surface area contributed by atoms with Crippen molar-refractivity contribution in [1.29, 1.82) is 0 Å². The highest BCUT2D eigenvalue weighted by atomic mass is 35.5. The number of amides is 2. The van der Waals surface area contributed by atoms with E-state index in [1.807, 2.05) is 84.9 Å². The average Bonchev–Trinajstić information content (AvgIpc) is 2.99. The SMILES string of the molecule is COc1ccc(CN(C(=O)COc2ccccc2Cl)[C@@H](Cc2ccccc2)C(=O)NCCc2ccccc2)cc1. The smallest absolute Gasteiger partial charge is 0.261 e. The molecule has 7 heteroatoms. The third kappa shape index (κ3) is 8.35. The number of hydrogen-bond donors (Lipinski definition) is 1. The summed E-state index contributed by atoms with van der Waals surface area (Å²) in [6, 6.07) is 33.4. The van der Waals surface area contributed by atoms with Crippen LogP contribution < -0.4 is 14.8 Å². The molecule has 0 radical (unpaired) electrons. The minimum atomic E-state index is -0.761. The van der Waals surface area contributed by atoms with Gasteiger partial charge in [-0.1, -0.05) is 96.5 Å². The van der Waals surface area contributed by atoms with E-state index in [9.17, 15) is 9.59 Å². The number of nitrogens with one attached hydrogen (secondary N) is 1. The summed E-state index contributed by atoms with van der Waals surface area (Å²) in [7, 11) is 1.60. The van der Waals surface area contributed by atoms with Crippen LogP contribution in [0.15, 0.2) is 109 Å². The normalized spacial score (nSPS) is 11.3. The Morgan fingerprint density at radius 3 is 2.08 bits per heavy atom. The van der Waals surface area contributed by atoms with Crippen molar-refractivity contribution in [2.45, 2.75) is 25.4 Å². The first-order chi connectivity index (χ1) is 19.5. The van der Waals surface area contributed by atoms with Gasteiger partial charge in [0.2, 0.25) is 5.91 Å². The molecular formula is C33H33ClN2O4. The lowest BCUT2D eigenvalue weighted by Crippen LogP contribution is -2.52. The minimum absolute atomic E-state index is 0.221. The first-order valence-electron chi connectivity index (χ1n) is 13.2. The van der Waals surface area contributed by atoms with Crippen LogP contribution in [0.25, 0.3) is 0 Å². The summed E-state index contributed by atoms with van der Waals surface area (Å²) in [5.41, 5.74) is 2.94. The van der Waals surface area contributed by atoms with E-state index in [2.05, 4.69) is 5.32 Å². The van der Waals surface area contributed by atoms with Crippen LogP contribution in [0.3, 0.4) is 0 Å². The number of para-hydroxylation sites is 1. The molecule has 0 heterocycles. The van der Waals surface area contributed by atoms with Gasteiger partial charge in [-0.05, 0) is 47.4 Å². The van der Waals surface area contributed by atoms with Gasteiger partial charge >= 0.3 is 0 Å². The number of methoxy groups -OCH3 is 1. The van der Waals surface area contributed by atoms with Crippen molar-refractivity contribution < 1.29 is 19.1 Å². The van der Waals surface area contributed by atoms with E-state index in [0.29, 0.717) is 35.9 Å². The molecule has 1 atom stereocenters. The number of rotatable bonds is 13. The predicted molar refractivity (Wildman–Crippen MR) is 158 cm³/mol. The van der Waals surface area contributed by atoms with E-state index in [4.69, 9.17) is 21.1 Å². The maximum Gasteiger partial charge on any atom is 0.261 e. The zero-order valence-corrected chi connectivity index (χ0v) is 23.2. The van der Waals surface area contributed by atoms with Crippen LogP contribution in [-0.4, -0.2) is 43.0 Å². The number of carbonyl (C=O) groups is 2. The topological polar surface area (TPSA) is 67.9 Å². The first-order valence-corrected chi connectivity index (χ1v) is 13.6. The fraction of sp³-hybridized carbons (Fsp3) is 0.212. The predicted octanol–water partition coefficient (Wildman–Crippen LogP) is 5.73. The highest BCUT2D eigenvalue weighted by Gasteiger charge is 2.30. The lowest BCUT2D eigenvalue weighted by Gasteiger charge is -2.31. The fourth-order valence-electron chi connectivity index (χ4n) is 4.36. The third-order valence-corrected chi connectivity index (χ3v) is 6.84. The maximum atomic E-state index is 13.7. The Balaban J connectivity index is 1.58. The lowest BCUT2D eigenvalue weighted by molar-refractivity contribution is -0.142. The van der Waals surface area contributed by atoms with Crippen LogP contribution in [0.5, 0.6) is 11.5 Å². The second-order valence-electron chi connectivity index (χ2n) is 9.32. The molecule has 6 nitrogen and oxygen atoms in total.